The van der Waals surface area contributed by atoms with Gasteiger partial charge in [-0.3, -0.25) is 0 Å². The van der Waals surface area contributed by atoms with Crippen LogP contribution in [0.25, 0.3) is 20.8 Å². The van der Waals surface area contributed by atoms with E-state index in [0.29, 0.717) is 0 Å². The summed E-state index contributed by atoms with van der Waals surface area (Å²) in [6.07, 6.45) is 0. The van der Waals surface area contributed by atoms with Gasteiger partial charge >= 0.3 is 19.5 Å². The predicted octanol–water partition coefficient (Wildman–Crippen LogP) is -0.500. The van der Waals surface area contributed by atoms with E-state index in [9.17, 15) is 0 Å². The molecular weight excluding hydrogens is 367 g/mol. The fourth-order valence-electron chi connectivity index (χ4n) is 2.16. The number of anilines is 1. The molecule has 0 N–H and O–H groups in total. The van der Waals surface area contributed by atoms with E-state index in [2.05, 4.69) is 74.1 Å². The molecule has 0 aromatic heterocycles. The fraction of sp³-hybridized carbons (Fsp3) is 0.250. The van der Waals surface area contributed by atoms with Gasteiger partial charge in [0.05, 0.1) is 20.8 Å². The van der Waals surface area contributed by atoms with E-state index < -0.39 is 0 Å². The predicted molar refractivity (Wildman–Crippen MR) is 87.7 cm³/mol. The number of halogens is 1. The van der Waals surface area contributed by atoms with Gasteiger partial charge in [0.15, 0.2) is 0 Å². The van der Waals surface area contributed by atoms with Crippen LogP contribution in [-0.4, -0.2) is 33.2 Å². The SMILES string of the molecule is CN(C)c1ccc2nc3ccc(=[N+](C)C)cc-3sc2c1.[Cl-].[Zn+2]. The molecule has 0 radical (unpaired) electrons. The molecule has 2 aliphatic rings. The standard InChI is InChI=1S/C16H18N3S.ClH.Zn/c1-18(2)11-5-7-13-15(9-11)20-16-10-12(19(3)4)6-8-14(16)17-13;;/h5-10H,1-4H3;1H;/q+1;;+2/p-1. The third-order valence-corrected chi connectivity index (χ3v) is 4.47. The zero-order valence-electron chi connectivity index (χ0n) is 13.3. The summed E-state index contributed by atoms with van der Waals surface area (Å²) in [4.78, 5) is 8.09. The van der Waals surface area contributed by atoms with E-state index in [-0.39, 0.29) is 31.9 Å². The summed E-state index contributed by atoms with van der Waals surface area (Å²) in [7, 11) is 8.24. The van der Waals surface area contributed by atoms with Crippen molar-refractivity contribution in [3.63, 3.8) is 0 Å². The van der Waals surface area contributed by atoms with E-state index >= 15 is 0 Å². The molecule has 0 saturated carbocycles. The molecule has 0 spiro atoms. The van der Waals surface area contributed by atoms with Crippen LogP contribution in [0.1, 0.15) is 0 Å². The van der Waals surface area contributed by atoms with Crippen molar-refractivity contribution in [1.82, 2.24) is 9.56 Å². The van der Waals surface area contributed by atoms with Crippen LogP contribution >= 0.6 is 11.3 Å². The second-order valence-corrected chi connectivity index (χ2v) is 6.39. The van der Waals surface area contributed by atoms with Crippen LogP contribution in [0.4, 0.5) is 5.69 Å². The second-order valence-electron chi connectivity index (χ2n) is 5.31. The Morgan fingerprint density at radius 2 is 1.77 bits per heavy atom. The number of hydrogen-bond acceptors (Lipinski definition) is 3. The van der Waals surface area contributed by atoms with Gasteiger partial charge in [-0.2, -0.15) is 0 Å². The number of aromatic nitrogens is 1. The molecule has 0 fully saturated rings. The van der Waals surface area contributed by atoms with Crippen LogP contribution in [-0.2, 0) is 19.5 Å². The Labute approximate surface area is 153 Å². The minimum atomic E-state index is 0. The molecule has 110 valence electrons. The molecule has 0 amide bonds. The van der Waals surface area contributed by atoms with Crippen LogP contribution < -0.4 is 27.2 Å². The van der Waals surface area contributed by atoms with Gasteiger partial charge in [0.1, 0.15) is 14.1 Å². The first-order valence-corrected chi connectivity index (χ1v) is 7.38. The summed E-state index contributed by atoms with van der Waals surface area (Å²) in [6, 6.07) is 12.8. The fourth-order valence-corrected chi connectivity index (χ4v) is 3.19. The topological polar surface area (TPSA) is 19.1 Å². The zero-order valence-corrected chi connectivity index (χ0v) is 17.8. The smallest absolute Gasteiger partial charge is 1.00 e. The molecule has 1 aliphatic carbocycles. The number of benzene rings is 2. The van der Waals surface area contributed by atoms with Crippen molar-refractivity contribution in [2.45, 2.75) is 0 Å². The van der Waals surface area contributed by atoms with E-state index in [0.717, 1.165) is 11.2 Å². The van der Waals surface area contributed by atoms with E-state index in [4.69, 9.17) is 4.98 Å². The summed E-state index contributed by atoms with van der Waals surface area (Å²) in [5.74, 6) is 0. The van der Waals surface area contributed by atoms with Crippen molar-refractivity contribution < 1.29 is 31.9 Å². The first kappa shape index (κ1) is 19.0. The molecule has 0 bridgehead atoms. The Hall–Kier alpha value is -1.03. The molecule has 0 unspecified atom stereocenters. The van der Waals surface area contributed by atoms with Crippen LogP contribution in [0, 0.1) is 0 Å². The van der Waals surface area contributed by atoms with E-state index in [1.165, 1.54) is 20.6 Å². The first-order valence-electron chi connectivity index (χ1n) is 6.57. The molecular formula is C16H18ClN3SZn+2. The number of nitrogens with zero attached hydrogens (tertiary/aromatic N) is 3. The zero-order chi connectivity index (χ0) is 14.3. The summed E-state index contributed by atoms with van der Waals surface area (Å²) >= 11 is 1.80. The van der Waals surface area contributed by atoms with Crippen molar-refractivity contribution in [3.05, 3.63) is 41.8 Å². The van der Waals surface area contributed by atoms with Gasteiger partial charge in [-0.25, -0.2) is 9.56 Å². The maximum atomic E-state index is 4.75. The summed E-state index contributed by atoms with van der Waals surface area (Å²) in [5, 5.41) is 1.21. The number of rotatable bonds is 1. The molecule has 22 heavy (non-hydrogen) atoms. The molecule has 6 heteroatoms. The minimum Gasteiger partial charge on any atom is -1.00 e. The van der Waals surface area contributed by atoms with Crippen LogP contribution in [0.3, 0.4) is 0 Å². The monoisotopic (exact) mass is 383 g/mol. The van der Waals surface area contributed by atoms with E-state index in [1.807, 2.05) is 0 Å². The summed E-state index contributed by atoms with van der Waals surface area (Å²) in [5.41, 5.74) is 3.33. The summed E-state index contributed by atoms with van der Waals surface area (Å²) < 4.78 is 3.34. The Balaban J connectivity index is 0.00000121. The quantitative estimate of drug-likeness (QED) is 0.320. The Morgan fingerprint density at radius 1 is 1.05 bits per heavy atom. The van der Waals surface area contributed by atoms with Crippen LogP contribution in [0.15, 0.2) is 36.4 Å². The van der Waals surface area contributed by atoms with Gasteiger partial charge < -0.3 is 17.3 Å². The van der Waals surface area contributed by atoms with Gasteiger partial charge in [0.2, 0.25) is 5.36 Å². The molecule has 1 heterocycles. The largest absolute Gasteiger partial charge is 2.00 e. The molecule has 0 atom stereocenters. The maximum absolute atomic E-state index is 4.75. The molecule has 1 aromatic carbocycles. The minimum absolute atomic E-state index is 0. The Kier molecular flexibility index (Phi) is 6.48. The normalized spacial score (nSPS) is 10.0. The maximum Gasteiger partial charge on any atom is 2.00 e. The van der Waals surface area contributed by atoms with Gasteiger partial charge in [0.25, 0.3) is 0 Å². The van der Waals surface area contributed by atoms with E-state index in [1.54, 1.807) is 11.3 Å². The molecule has 1 aliphatic heterocycles. The Bertz CT molecular complexity index is 825. The second kappa shape index (κ2) is 7.49. The van der Waals surface area contributed by atoms with Crippen molar-refractivity contribution in [1.29, 1.82) is 0 Å². The molecule has 0 saturated heterocycles. The van der Waals surface area contributed by atoms with Crippen LogP contribution in [0.5, 0.6) is 0 Å². The Morgan fingerprint density at radius 3 is 2.41 bits per heavy atom. The summed E-state index contributed by atoms with van der Waals surface area (Å²) in [6.45, 7) is 0. The average Bonchev–Trinajstić information content (AvgIpc) is 2.43. The molecule has 3 nitrogen and oxygen atoms in total. The molecule has 3 rings (SSSR count). The van der Waals surface area contributed by atoms with Crippen LogP contribution in [0.2, 0.25) is 0 Å². The van der Waals surface area contributed by atoms with Gasteiger partial charge in [-0.05, 0) is 24.3 Å². The third kappa shape index (κ3) is 3.65. The van der Waals surface area contributed by atoms with Crippen molar-refractivity contribution in [3.8, 4) is 10.6 Å². The molecule has 1 aromatic rings. The van der Waals surface area contributed by atoms with Gasteiger partial charge in [0, 0.05) is 31.9 Å². The first-order chi connectivity index (χ1) is 9.54. The number of hydrogen-bond donors (Lipinski definition) is 0. The van der Waals surface area contributed by atoms with Crippen molar-refractivity contribution >= 4 is 27.2 Å². The van der Waals surface area contributed by atoms with Crippen molar-refractivity contribution in [2.24, 2.45) is 0 Å². The van der Waals surface area contributed by atoms with Gasteiger partial charge in [-0.1, -0.05) is 0 Å². The third-order valence-electron chi connectivity index (χ3n) is 3.38. The van der Waals surface area contributed by atoms with Gasteiger partial charge in [-0.15, -0.1) is 11.3 Å². The van der Waals surface area contributed by atoms with Crippen molar-refractivity contribution in [2.75, 3.05) is 33.1 Å². The number of fused-ring (bicyclic) bond motifs is 2. The average molecular weight is 385 g/mol.